The van der Waals surface area contributed by atoms with Crippen molar-refractivity contribution in [3.63, 3.8) is 0 Å². The fourth-order valence-corrected chi connectivity index (χ4v) is 0.465. The standard InChI is InChI=1S/C5H10O6.H3O4P/c6-1-2(7)3(8)4(9)5(10)11;1-5(2,3)4/h2-4,6-9H,1H2,(H,10,11);(H3,1,2,3,4). The Balaban J connectivity index is 0. The number of carbonyl (C=O) groups is 1. The summed E-state index contributed by atoms with van der Waals surface area (Å²) in [6.45, 7) is -0.800. The number of carboxylic acid groups (broad SMARTS) is 1. The van der Waals surface area contributed by atoms with Crippen LogP contribution in [0.25, 0.3) is 0 Å². The van der Waals surface area contributed by atoms with Crippen molar-refractivity contribution in [2.45, 2.75) is 18.3 Å². The van der Waals surface area contributed by atoms with Crippen molar-refractivity contribution in [1.82, 2.24) is 0 Å². The Hall–Kier alpha value is -0.580. The van der Waals surface area contributed by atoms with E-state index < -0.39 is 38.7 Å². The van der Waals surface area contributed by atoms with E-state index in [4.69, 9.17) is 44.8 Å². The molecule has 16 heavy (non-hydrogen) atoms. The summed E-state index contributed by atoms with van der Waals surface area (Å²) in [6.07, 6.45) is -5.57. The van der Waals surface area contributed by atoms with Crippen LogP contribution < -0.4 is 0 Å². The predicted octanol–water partition coefficient (Wildman–Crippen LogP) is -3.78. The molecule has 0 rings (SSSR count). The van der Waals surface area contributed by atoms with Crippen LogP contribution in [0.1, 0.15) is 0 Å². The van der Waals surface area contributed by atoms with Gasteiger partial charge in [-0.3, -0.25) is 0 Å². The van der Waals surface area contributed by atoms with Gasteiger partial charge >= 0.3 is 13.8 Å². The first kappa shape index (κ1) is 17.8. The maximum atomic E-state index is 9.96. The van der Waals surface area contributed by atoms with Gasteiger partial charge in [0.1, 0.15) is 12.2 Å². The van der Waals surface area contributed by atoms with Crippen molar-refractivity contribution in [2.24, 2.45) is 0 Å². The van der Waals surface area contributed by atoms with Gasteiger partial charge in [-0.25, -0.2) is 9.36 Å². The van der Waals surface area contributed by atoms with E-state index >= 15 is 0 Å². The Morgan fingerprint density at radius 3 is 1.62 bits per heavy atom. The molecule has 0 heterocycles. The van der Waals surface area contributed by atoms with Crippen LogP contribution in [0, 0.1) is 0 Å². The van der Waals surface area contributed by atoms with Crippen LogP contribution in [0.2, 0.25) is 0 Å². The lowest BCUT2D eigenvalue weighted by Gasteiger charge is -2.17. The minimum atomic E-state index is -4.64. The lowest BCUT2D eigenvalue weighted by atomic mass is 10.1. The first-order chi connectivity index (χ1) is 7.00. The first-order valence-corrected chi connectivity index (χ1v) is 5.23. The molecule has 0 spiro atoms. The summed E-state index contributed by atoms with van der Waals surface area (Å²) in [5.74, 6) is -1.65. The van der Waals surface area contributed by atoms with E-state index in [1.165, 1.54) is 0 Å². The highest BCUT2D eigenvalue weighted by Crippen LogP contribution is 2.25. The van der Waals surface area contributed by atoms with Gasteiger partial charge in [0.15, 0.2) is 6.10 Å². The molecule has 10 nitrogen and oxygen atoms in total. The van der Waals surface area contributed by atoms with E-state index in [2.05, 4.69) is 0 Å². The molecule has 11 heteroatoms. The molecule has 98 valence electrons. The van der Waals surface area contributed by atoms with Crippen molar-refractivity contribution in [2.75, 3.05) is 6.61 Å². The third-order valence-corrected chi connectivity index (χ3v) is 1.16. The van der Waals surface area contributed by atoms with Crippen LogP contribution in [0.5, 0.6) is 0 Å². The van der Waals surface area contributed by atoms with Crippen LogP contribution in [-0.2, 0) is 9.36 Å². The molecular weight excluding hydrogens is 251 g/mol. The number of aliphatic carboxylic acids is 1. The molecule has 0 aliphatic carbocycles. The highest BCUT2D eigenvalue weighted by Gasteiger charge is 2.29. The van der Waals surface area contributed by atoms with Gasteiger partial charge in [0.2, 0.25) is 0 Å². The molecule has 8 N–H and O–H groups in total. The van der Waals surface area contributed by atoms with E-state index in [1.54, 1.807) is 0 Å². The summed E-state index contributed by atoms with van der Waals surface area (Å²) in [4.78, 5) is 31.5. The highest BCUT2D eigenvalue weighted by atomic mass is 31.2. The number of aliphatic hydroxyl groups excluding tert-OH is 4. The quantitative estimate of drug-likeness (QED) is 0.233. The lowest BCUT2D eigenvalue weighted by molar-refractivity contribution is -0.159. The van der Waals surface area contributed by atoms with E-state index in [0.717, 1.165) is 0 Å². The van der Waals surface area contributed by atoms with Crippen LogP contribution in [0.3, 0.4) is 0 Å². The van der Waals surface area contributed by atoms with Gasteiger partial charge in [0.05, 0.1) is 6.61 Å². The Kier molecular flexibility index (Phi) is 8.52. The van der Waals surface area contributed by atoms with Crippen molar-refractivity contribution in [3.05, 3.63) is 0 Å². The molecule has 3 atom stereocenters. The second-order valence-electron chi connectivity index (χ2n) is 2.54. The molecule has 0 saturated heterocycles. The van der Waals surface area contributed by atoms with Crippen molar-refractivity contribution in [1.29, 1.82) is 0 Å². The van der Waals surface area contributed by atoms with Gasteiger partial charge in [-0.15, -0.1) is 0 Å². The Labute approximate surface area is 89.3 Å². The monoisotopic (exact) mass is 264 g/mol. The zero-order valence-corrected chi connectivity index (χ0v) is 8.68. The van der Waals surface area contributed by atoms with Crippen LogP contribution >= 0.6 is 7.82 Å². The van der Waals surface area contributed by atoms with Crippen LogP contribution in [-0.4, -0.2) is 71.1 Å². The molecule has 0 aromatic rings. The summed E-state index contributed by atoms with van der Waals surface area (Å²) >= 11 is 0. The largest absolute Gasteiger partial charge is 0.479 e. The Bertz CT molecular complexity index is 239. The van der Waals surface area contributed by atoms with E-state index in [-0.39, 0.29) is 0 Å². The SMILES string of the molecule is O=C(O)C(O)C(O)C(O)CO.O=P(O)(O)O. The molecule has 0 fully saturated rings. The Morgan fingerprint density at radius 2 is 1.44 bits per heavy atom. The summed E-state index contributed by atoms with van der Waals surface area (Å²) in [6, 6.07) is 0. The molecule has 0 saturated carbocycles. The number of hydrogen-bond acceptors (Lipinski definition) is 6. The topological polar surface area (TPSA) is 196 Å². The molecule has 0 aliphatic rings. The van der Waals surface area contributed by atoms with E-state index in [9.17, 15) is 4.79 Å². The van der Waals surface area contributed by atoms with Gasteiger partial charge in [-0.1, -0.05) is 0 Å². The van der Waals surface area contributed by atoms with E-state index in [1.807, 2.05) is 0 Å². The predicted molar refractivity (Wildman–Crippen MR) is 47.0 cm³/mol. The van der Waals surface area contributed by atoms with Gasteiger partial charge in [0, 0.05) is 0 Å². The molecule has 0 bridgehead atoms. The fraction of sp³-hybridized carbons (Fsp3) is 0.800. The number of carboxylic acids is 1. The average molecular weight is 264 g/mol. The average Bonchev–Trinajstić information content (AvgIpc) is 2.11. The van der Waals surface area contributed by atoms with Gasteiger partial charge in [-0.2, -0.15) is 0 Å². The second-order valence-corrected chi connectivity index (χ2v) is 3.56. The maximum Gasteiger partial charge on any atom is 0.466 e. The minimum Gasteiger partial charge on any atom is -0.479 e. The zero-order chi connectivity index (χ0) is 13.5. The van der Waals surface area contributed by atoms with Crippen LogP contribution in [0.15, 0.2) is 0 Å². The van der Waals surface area contributed by atoms with Gasteiger partial charge < -0.3 is 40.2 Å². The molecular formula is C5H13O10P. The highest BCUT2D eigenvalue weighted by molar-refractivity contribution is 7.45. The second kappa shape index (κ2) is 7.65. The van der Waals surface area contributed by atoms with Crippen molar-refractivity contribution >= 4 is 13.8 Å². The first-order valence-electron chi connectivity index (χ1n) is 3.66. The molecule has 3 unspecified atom stereocenters. The van der Waals surface area contributed by atoms with Gasteiger partial charge in [-0.05, 0) is 0 Å². The third kappa shape index (κ3) is 11.5. The maximum absolute atomic E-state index is 9.96. The summed E-state index contributed by atoms with van der Waals surface area (Å²) in [7, 11) is -4.64. The summed E-state index contributed by atoms with van der Waals surface area (Å²) < 4.78 is 8.88. The molecule has 0 aromatic heterocycles. The molecule has 0 radical (unpaired) electrons. The third-order valence-electron chi connectivity index (χ3n) is 1.16. The van der Waals surface area contributed by atoms with Crippen molar-refractivity contribution in [3.8, 4) is 0 Å². The lowest BCUT2D eigenvalue weighted by Crippen LogP contribution is -2.43. The normalized spacial score (nSPS) is 16.7. The molecule has 0 aliphatic heterocycles. The number of phosphoric acid groups is 1. The van der Waals surface area contributed by atoms with E-state index in [0.29, 0.717) is 0 Å². The minimum absolute atomic E-state index is 0.800. The van der Waals surface area contributed by atoms with Crippen molar-refractivity contribution < 1.29 is 49.6 Å². The zero-order valence-electron chi connectivity index (χ0n) is 7.78. The summed E-state index contributed by atoms with van der Waals surface area (Å²) in [5, 5.41) is 42.2. The number of aliphatic hydroxyl groups is 4. The molecule has 0 amide bonds. The van der Waals surface area contributed by atoms with Gasteiger partial charge in [0.25, 0.3) is 0 Å². The number of rotatable bonds is 4. The Morgan fingerprint density at radius 1 is 1.12 bits per heavy atom. The van der Waals surface area contributed by atoms with Crippen LogP contribution in [0.4, 0.5) is 0 Å². The molecule has 0 aromatic carbocycles. The summed E-state index contributed by atoms with van der Waals surface area (Å²) in [5.41, 5.74) is 0. The smallest absolute Gasteiger partial charge is 0.466 e. The fourth-order valence-electron chi connectivity index (χ4n) is 0.465. The number of hydrogen-bond donors (Lipinski definition) is 8.